The van der Waals surface area contributed by atoms with Gasteiger partial charge < -0.3 is 14.7 Å². The van der Waals surface area contributed by atoms with E-state index in [1.807, 2.05) is 31.2 Å². The first-order valence-electron chi connectivity index (χ1n) is 12.7. The van der Waals surface area contributed by atoms with Gasteiger partial charge in [-0.3, -0.25) is 19.4 Å². The molecular formula is C28H34ClN3O5. The molecule has 2 aromatic carbocycles. The molecule has 1 atom stereocenters. The Hall–Kier alpha value is -3.10. The lowest BCUT2D eigenvalue weighted by Gasteiger charge is -2.32. The van der Waals surface area contributed by atoms with E-state index in [1.54, 1.807) is 19.2 Å². The molecule has 1 saturated carbocycles. The fraction of sp³-hybridized carbons (Fsp3) is 0.464. The third kappa shape index (κ3) is 7.23. The zero-order valence-electron chi connectivity index (χ0n) is 21.4. The molecule has 0 bridgehead atoms. The number of carboxylic acids is 1. The SMILES string of the molecule is Cc1cc(CN(CC2CC2)C(CC(=O)O)c2ccc(Cl)cc2)ccc1OCCN1C(=O)CCN(C)C1=O. The van der Waals surface area contributed by atoms with Crippen LogP contribution in [0.2, 0.25) is 5.02 Å². The van der Waals surface area contributed by atoms with Gasteiger partial charge in [0, 0.05) is 44.2 Å². The number of rotatable bonds is 12. The predicted molar refractivity (Wildman–Crippen MR) is 141 cm³/mol. The fourth-order valence-electron chi connectivity index (χ4n) is 4.72. The standard InChI is InChI=1S/C28H34ClN3O5/c1-19-15-21(5-10-25(19)37-14-13-32-26(33)11-12-30(2)28(32)36)18-31(17-20-3-4-20)24(16-27(34)35)22-6-8-23(29)9-7-22/h5-10,15,20,24H,3-4,11-14,16-18H2,1-2H3,(H,34,35). The molecule has 198 valence electrons. The highest BCUT2D eigenvalue weighted by Gasteiger charge is 2.31. The van der Waals surface area contributed by atoms with Crippen molar-refractivity contribution in [1.29, 1.82) is 0 Å². The van der Waals surface area contributed by atoms with Crippen molar-refractivity contribution >= 4 is 29.5 Å². The van der Waals surface area contributed by atoms with Gasteiger partial charge in [0.25, 0.3) is 0 Å². The Bertz CT molecular complexity index is 1140. The molecule has 1 aliphatic carbocycles. The van der Waals surface area contributed by atoms with Gasteiger partial charge in [-0.05, 0) is 60.6 Å². The minimum Gasteiger partial charge on any atom is -0.491 e. The van der Waals surface area contributed by atoms with Gasteiger partial charge in [-0.15, -0.1) is 0 Å². The summed E-state index contributed by atoms with van der Waals surface area (Å²) in [6.07, 6.45) is 2.67. The normalized spacial score (nSPS) is 16.9. The average molecular weight is 528 g/mol. The van der Waals surface area contributed by atoms with Crippen LogP contribution in [0.1, 0.15) is 48.4 Å². The Morgan fingerprint density at radius 2 is 1.92 bits per heavy atom. The van der Waals surface area contributed by atoms with Gasteiger partial charge in [-0.2, -0.15) is 0 Å². The average Bonchev–Trinajstić information content (AvgIpc) is 3.68. The number of carbonyl (C=O) groups is 3. The number of aryl methyl sites for hydroxylation is 1. The molecule has 1 saturated heterocycles. The maximum Gasteiger partial charge on any atom is 0.326 e. The Labute approximate surface area is 222 Å². The zero-order valence-corrected chi connectivity index (χ0v) is 22.1. The van der Waals surface area contributed by atoms with Crippen molar-refractivity contribution < 1.29 is 24.2 Å². The van der Waals surface area contributed by atoms with Crippen LogP contribution in [0.15, 0.2) is 42.5 Å². The third-order valence-corrected chi connectivity index (χ3v) is 7.22. The van der Waals surface area contributed by atoms with E-state index in [9.17, 15) is 19.5 Å². The molecule has 1 N–H and O–H groups in total. The number of halogens is 1. The molecule has 37 heavy (non-hydrogen) atoms. The first-order chi connectivity index (χ1) is 17.7. The summed E-state index contributed by atoms with van der Waals surface area (Å²) in [6.45, 7) is 4.28. The molecule has 1 heterocycles. The van der Waals surface area contributed by atoms with Crippen LogP contribution in [0.5, 0.6) is 5.75 Å². The number of urea groups is 1. The highest BCUT2D eigenvalue weighted by molar-refractivity contribution is 6.30. The number of amides is 3. The number of aliphatic carboxylic acids is 1. The van der Waals surface area contributed by atoms with E-state index in [4.69, 9.17) is 16.3 Å². The van der Waals surface area contributed by atoms with Crippen molar-refractivity contribution in [3.63, 3.8) is 0 Å². The van der Waals surface area contributed by atoms with Crippen molar-refractivity contribution in [2.45, 2.75) is 45.2 Å². The maximum absolute atomic E-state index is 12.2. The summed E-state index contributed by atoms with van der Waals surface area (Å²) in [7, 11) is 1.69. The van der Waals surface area contributed by atoms with Crippen molar-refractivity contribution in [3.8, 4) is 5.75 Å². The summed E-state index contributed by atoms with van der Waals surface area (Å²) in [4.78, 5) is 41.1. The predicted octanol–water partition coefficient (Wildman–Crippen LogP) is 4.74. The number of carbonyl (C=O) groups excluding carboxylic acids is 2. The number of ether oxygens (including phenoxy) is 1. The van der Waals surface area contributed by atoms with Crippen LogP contribution < -0.4 is 4.74 Å². The van der Waals surface area contributed by atoms with Gasteiger partial charge in [0.2, 0.25) is 5.91 Å². The molecule has 0 aromatic heterocycles. The molecule has 0 spiro atoms. The summed E-state index contributed by atoms with van der Waals surface area (Å²) >= 11 is 6.08. The van der Waals surface area contributed by atoms with Crippen LogP contribution in [-0.4, -0.2) is 71.0 Å². The second-order valence-corrected chi connectivity index (χ2v) is 10.4. The number of hydrogen-bond donors (Lipinski definition) is 1. The summed E-state index contributed by atoms with van der Waals surface area (Å²) in [5.41, 5.74) is 2.95. The zero-order chi connectivity index (χ0) is 26.5. The highest BCUT2D eigenvalue weighted by Crippen LogP contribution is 2.35. The molecule has 1 unspecified atom stereocenters. The molecule has 1 aliphatic heterocycles. The highest BCUT2D eigenvalue weighted by atomic mass is 35.5. The van der Waals surface area contributed by atoms with Crippen LogP contribution in [0.4, 0.5) is 4.79 Å². The lowest BCUT2D eigenvalue weighted by molar-refractivity contribution is -0.138. The topological polar surface area (TPSA) is 90.4 Å². The molecule has 0 radical (unpaired) electrons. The van der Waals surface area contributed by atoms with E-state index in [1.165, 1.54) is 22.6 Å². The van der Waals surface area contributed by atoms with E-state index in [0.29, 0.717) is 36.2 Å². The molecule has 2 aliphatic rings. The lowest BCUT2D eigenvalue weighted by Crippen LogP contribution is -2.51. The first kappa shape index (κ1) is 26.9. The molecule has 4 rings (SSSR count). The second kappa shape index (κ2) is 12.0. The molecular weight excluding hydrogens is 494 g/mol. The van der Waals surface area contributed by atoms with Crippen LogP contribution in [0.3, 0.4) is 0 Å². The molecule has 2 fully saturated rings. The largest absolute Gasteiger partial charge is 0.491 e. The van der Waals surface area contributed by atoms with Crippen LogP contribution in [0, 0.1) is 12.8 Å². The third-order valence-electron chi connectivity index (χ3n) is 6.97. The number of benzene rings is 2. The smallest absolute Gasteiger partial charge is 0.326 e. The molecule has 8 nitrogen and oxygen atoms in total. The van der Waals surface area contributed by atoms with Gasteiger partial charge in [-0.25, -0.2) is 4.79 Å². The molecule has 9 heteroatoms. The number of imide groups is 1. The Morgan fingerprint density at radius 1 is 1.19 bits per heavy atom. The number of carboxylic acid groups (broad SMARTS) is 1. The first-order valence-corrected chi connectivity index (χ1v) is 13.1. The van der Waals surface area contributed by atoms with Gasteiger partial charge in [0.1, 0.15) is 12.4 Å². The quantitative estimate of drug-likeness (QED) is 0.429. The molecule has 2 aromatic rings. The van der Waals surface area contributed by atoms with Crippen molar-refractivity contribution in [2.75, 3.05) is 33.3 Å². The minimum absolute atomic E-state index is 0.0116. The van der Waals surface area contributed by atoms with Crippen LogP contribution in [-0.2, 0) is 16.1 Å². The summed E-state index contributed by atoms with van der Waals surface area (Å²) < 4.78 is 5.92. The van der Waals surface area contributed by atoms with E-state index >= 15 is 0 Å². The van der Waals surface area contributed by atoms with Gasteiger partial charge >= 0.3 is 12.0 Å². The maximum atomic E-state index is 12.2. The second-order valence-electron chi connectivity index (χ2n) is 9.99. The Morgan fingerprint density at radius 3 is 2.57 bits per heavy atom. The Balaban J connectivity index is 1.44. The number of nitrogens with zero attached hydrogens (tertiary/aromatic N) is 3. The lowest BCUT2D eigenvalue weighted by atomic mass is 10.00. The minimum atomic E-state index is -0.836. The van der Waals surface area contributed by atoms with Gasteiger partial charge in [-0.1, -0.05) is 35.9 Å². The van der Waals surface area contributed by atoms with Crippen LogP contribution in [0.25, 0.3) is 0 Å². The molecule has 3 amide bonds. The fourth-order valence-corrected chi connectivity index (χ4v) is 4.85. The van der Waals surface area contributed by atoms with E-state index in [-0.39, 0.29) is 37.6 Å². The van der Waals surface area contributed by atoms with Crippen LogP contribution >= 0.6 is 11.6 Å². The summed E-state index contributed by atoms with van der Waals surface area (Å²) in [5, 5.41) is 10.3. The van der Waals surface area contributed by atoms with Crippen molar-refractivity contribution in [3.05, 3.63) is 64.2 Å². The van der Waals surface area contributed by atoms with Crippen molar-refractivity contribution in [2.24, 2.45) is 5.92 Å². The van der Waals surface area contributed by atoms with Gasteiger partial charge in [0.05, 0.1) is 13.0 Å². The van der Waals surface area contributed by atoms with Crippen molar-refractivity contribution in [1.82, 2.24) is 14.7 Å². The summed E-state index contributed by atoms with van der Waals surface area (Å²) in [5.74, 6) is 0.276. The van der Waals surface area contributed by atoms with E-state index in [0.717, 1.165) is 23.2 Å². The van der Waals surface area contributed by atoms with Gasteiger partial charge in [0.15, 0.2) is 0 Å². The number of hydrogen-bond acceptors (Lipinski definition) is 5. The van der Waals surface area contributed by atoms with E-state index < -0.39 is 5.97 Å². The summed E-state index contributed by atoms with van der Waals surface area (Å²) in [6, 6.07) is 12.8. The monoisotopic (exact) mass is 527 g/mol. The Kier molecular flexibility index (Phi) is 8.71. The van der Waals surface area contributed by atoms with E-state index in [2.05, 4.69) is 11.0 Å².